The molecule has 1 atom stereocenters. The fraction of sp³-hybridized carbons (Fsp3) is 0.333. The highest BCUT2D eigenvalue weighted by Gasteiger charge is 2.20. The molecule has 0 amide bonds. The van der Waals surface area contributed by atoms with E-state index in [9.17, 15) is 4.79 Å². The number of carbonyl (C=O) groups excluding carboxylic acids is 1. The molecule has 0 bridgehead atoms. The Morgan fingerprint density at radius 2 is 2.07 bits per heavy atom. The van der Waals surface area contributed by atoms with Gasteiger partial charge in [-0.3, -0.25) is 4.99 Å². The van der Waals surface area contributed by atoms with Crippen molar-refractivity contribution < 1.29 is 19.0 Å². The smallest absolute Gasteiger partial charge is 0.346 e. The van der Waals surface area contributed by atoms with Crippen LogP contribution in [0, 0.1) is 18.3 Å². The minimum Gasteiger partial charge on any atom is -0.477 e. The average Bonchev–Trinajstić information content (AvgIpc) is 2.91. The van der Waals surface area contributed by atoms with Gasteiger partial charge in [-0.25, -0.2) is 9.48 Å². The van der Waals surface area contributed by atoms with E-state index < -0.39 is 12.1 Å². The van der Waals surface area contributed by atoms with E-state index in [1.165, 1.54) is 37.1 Å². The molecule has 0 saturated carbocycles. The number of aliphatic imine (C=N–C) groups is 1. The van der Waals surface area contributed by atoms with Crippen molar-refractivity contribution >= 4 is 35.4 Å². The van der Waals surface area contributed by atoms with E-state index in [-0.39, 0.29) is 28.1 Å². The third kappa shape index (κ3) is 4.94. The summed E-state index contributed by atoms with van der Waals surface area (Å²) < 4.78 is 17.6. The molecule has 2 aromatic rings. The van der Waals surface area contributed by atoms with Crippen molar-refractivity contribution in [1.29, 1.82) is 5.26 Å². The zero-order valence-electron chi connectivity index (χ0n) is 15.7. The Morgan fingerprint density at radius 1 is 1.39 bits per heavy atom. The Bertz CT molecular complexity index is 950. The van der Waals surface area contributed by atoms with E-state index in [2.05, 4.69) is 14.8 Å². The molecule has 2 rings (SSSR count). The zero-order chi connectivity index (χ0) is 20.8. The highest BCUT2D eigenvalue weighted by molar-refractivity contribution is 6.36. The van der Waals surface area contributed by atoms with Crippen LogP contribution in [0.5, 0.6) is 17.4 Å². The van der Waals surface area contributed by atoms with Gasteiger partial charge in [0.2, 0.25) is 5.88 Å². The third-order valence-electron chi connectivity index (χ3n) is 3.63. The van der Waals surface area contributed by atoms with Crippen LogP contribution in [0.15, 0.2) is 17.1 Å². The van der Waals surface area contributed by atoms with Gasteiger partial charge < -0.3 is 14.2 Å². The summed E-state index contributed by atoms with van der Waals surface area (Å²) in [5, 5.41) is 13.4. The molecular formula is C18H18Cl2N4O4. The maximum Gasteiger partial charge on any atom is 0.346 e. The largest absolute Gasteiger partial charge is 0.477 e. The van der Waals surface area contributed by atoms with Crippen LogP contribution in [0.4, 0.5) is 0 Å². The van der Waals surface area contributed by atoms with Gasteiger partial charge in [-0.2, -0.15) is 10.4 Å². The molecule has 1 aromatic heterocycles. The third-order valence-corrected chi connectivity index (χ3v) is 4.22. The molecule has 0 unspecified atom stereocenters. The molecule has 28 heavy (non-hydrogen) atoms. The second kappa shape index (κ2) is 9.44. The molecule has 0 fully saturated rings. The lowest BCUT2D eigenvalue weighted by atomic mass is 10.2. The van der Waals surface area contributed by atoms with Gasteiger partial charge in [-0.15, -0.1) is 0 Å². The number of esters is 1. The van der Waals surface area contributed by atoms with Gasteiger partial charge in [-0.1, -0.05) is 23.2 Å². The predicted octanol–water partition coefficient (Wildman–Crippen LogP) is 3.71. The Morgan fingerprint density at radius 3 is 2.71 bits per heavy atom. The Labute approximate surface area is 172 Å². The van der Waals surface area contributed by atoms with Crippen molar-refractivity contribution in [2.24, 2.45) is 12.0 Å². The number of hydrogen-bond donors (Lipinski definition) is 0. The molecule has 0 aliphatic carbocycles. The summed E-state index contributed by atoms with van der Waals surface area (Å²) in [6.07, 6.45) is 0.644. The SMILES string of the molecule is COC(=O)[C@H](C)Oc1cc(Oc2c(C=NCC#N)c(C)nn2C)c(Cl)cc1Cl. The number of nitriles is 1. The first-order valence-electron chi connectivity index (χ1n) is 8.10. The van der Waals surface area contributed by atoms with Gasteiger partial charge >= 0.3 is 5.97 Å². The maximum absolute atomic E-state index is 11.6. The lowest BCUT2D eigenvalue weighted by Crippen LogP contribution is -2.25. The summed E-state index contributed by atoms with van der Waals surface area (Å²) in [6, 6.07) is 4.86. The van der Waals surface area contributed by atoms with Crippen LogP contribution in [-0.4, -0.2) is 41.7 Å². The van der Waals surface area contributed by atoms with Gasteiger partial charge in [-0.05, 0) is 19.9 Å². The first kappa shape index (κ1) is 21.5. The van der Waals surface area contributed by atoms with Gasteiger partial charge in [0.05, 0.1) is 34.5 Å². The van der Waals surface area contributed by atoms with Crippen LogP contribution in [0.2, 0.25) is 10.0 Å². The summed E-state index contributed by atoms with van der Waals surface area (Å²) in [4.78, 5) is 15.6. The summed E-state index contributed by atoms with van der Waals surface area (Å²) in [7, 11) is 2.96. The monoisotopic (exact) mass is 424 g/mol. The van der Waals surface area contributed by atoms with Gasteiger partial charge in [0.1, 0.15) is 12.3 Å². The highest BCUT2D eigenvalue weighted by atomic mass is 35.5. The Balaban J connectivity index is 2.38. The van der Waals surface area contributed by atoms with Crippen molar-refractivity contribution in [3.63, 3.8) is 0 Å². The van der Waals surface area contributed by atoms with Crippen LogP contribution >= 0.6 is 23.2 Å². The standard InChI is InChI=1S/C18H18Cl2N4O4/c1-10-12(9-22-6-5-21)17(24(3)23-10)28-16-8-15(13(19)7-14(16)20)27-11(2)18(25)26-4/h7-9,11H,6H2,1-4H3/t11-/m0/s1. The van der Waals surface area contributed by atoms with Crippen molar-refractivity contribution in [3.8, 4) is 23.4 Å². The molecule has 0 spiro atoms. The van der Waals surface area contributed by atoms with Gasteiger partial charge in [0.15, 0.2) is 11.9 Å². The fourth-order valence-electron chi connectivity index (χ4n) is 2.29. The Hall–Kier alpha value is -2.76. The summed E-state index contributed by atoms with van der Waals surface area (Å²) in [5.74, 6) is 0.274. The predicted molar refractivity (Wildman–Crippen MR) is 105 cm³/mol. The minimum atomic E-state index is -0.871. The summed E-state index contributed by atoms with van der Waals surface area (Å²) >= 11 is 12.4. The number of benzene rings is 1. The van der Waals surface area contributed by atoms with Crippen LogP contribution in [-0.2, 0) is 16.6 Å². The van der Waals surface area contributed by atoms with Crippen LogP contribution in [0.1, 0.15) is 18.2 Å². The molecule has 0 radical (unpaired) electrons. The first-order valence-corrected chi connectivity index (χ1v) is 8.85. The molecule has 1 heterocycles. The normalized spacial score (nSPS) is 11.9. The molecule has 148 valence electrons. The molecular weight excluding hydrogens is 407 g/mol. The minimum absolute atomic E-state index is 0.0128. The maximum atomic E-state index is 11.6. The van der Waals surface area contributed by atoms with E-state index in [1.54, 1.807) is 14.0 Å². The van der Waals surface area contributed by atoms with Crippen molar-refractivity contribution in [2.75, 3.05) is 13.7 Å². The number of carbonyl (C=O) groups is 1. The summed E-state index contributed by atoms with van der Waals surface area (Å²) in [6.45, 7) is 3.33. The van der Waals surface area contributed by atoms with Crippen molar-refractivity contribution in [3.05, 3.63) is 33.4 Å². The number of aromatic nitrogens is 2. The van der Waals surface area contributed by atoms with E-state index in [0.717, 1.165) is 0 Å². The van der Waals surface area contributed by atoms with E-state index in [4.69, 9.17) is 37.9 Å². The molecule has 0 N–H and O–H groups in total. The van der Waals surface area contributed by atoms with Crippen molar-refractivity contribution in [1.82, 2.24) is 9.78 Å². The van der Waals surface area contributed by atoms with Crippen LogP contribution in [0.25, 0.3) is 0 Å². The second-order valence-corrected chi connectivity index (χ2v) is 6.47. The number of aryl methyl sites for hydroxylation is 2. The molecule has 0 saturated heterocycles. The van der Waals surface area contributed by atoms with Crippen molar-refractivity contribution in [2.45, 2.75) is 20.0 Å². The van der Waals surface area contributed by atoms with Gasteiger partial charge in [0, 0.05) is 19.3 Å². The number of halogens is 2. The molecule has 1 aromatic carbocycles. The lowest BCUT2D eigenvalue weighted by Gasteiger charge is -2.16. The van der Waals surface area contributed by atoms with Crippen LogP contribution < -0.4 is 9.47 Å². The highest BCUT2D eigenvalue weighted by Crippen LogP contribution is 2.39. The number of rotatable bonds is 7. The average molecular weight is 425 g/mol. The second-order valence-electron chi connectivity index (χ2n) is 5.65. The topological polar surface area (TPSA) is 98.7 Å². The fourth-order valence-corrected chi connectivity index (χ4v) is 2.75. The first-order chi connectivity index (χ1) is 13.3. The molecule has 10 heteroatoms. The number of hydrogen-bond acceptors (Lipinski definition) is 7. The molecule has 0 aliphatic rings. The Kier molecular flexibility index (Phi) is 7.26. The molecule has 8 nitrogen and oxygen atoms in total. The quantitative estimate of drug-likeness (QED) is 0.381. The van der Waals surface area contributed by atoms with Crippen LogP contribution in [0.3, 0.4) is 0 Å². The van der Waals surface area contributed by atoms with E-state index in [0.29, 0.717) is 17.1 Å². The summed E-state index contributed by atoms with van der Waals surface area (Å²) in [5.41, 5.74) is 1.27. The van der Waals surface area contributed by atoms with E-state index >= 15 is 0 Å². The number of methoxy groups -OCH3 is 1. The zero-order valence-corrected chi connectivity index (χ0v) is 17.2. The van der Waals surface area contributed by atoms with Gasteiger partial charge in [0.25, 0.3) is 0 Å². The number of ether oxygens (including phenoxy) is 3. The van der Waals surface area contributed by atoms with E-state index in [1.807, 2.05) is 6.07 Å². The molecule has 0 aliphatic heterocycles. The lowest BCUT2D eigenvalue weighted by molar-refractivity contribution is -0.147. The number of nitrogens with zero attached hydrogens (tertiary/aromatic N) is 4.